The molecule has 1 rings (SSSR count). The van der Waals surface area contributed by atoms with Gasteiger partial charge in [0.1, 0.15) is 6.04 Å². The SMILES string of the molecule is CCS(=O)(=O)c1ccccc1NC(CC(=O)O)C(=O)O. The molecule has 1 atom stereocenters. The van der Waals surface area contributed by atoms with Crippen molar-refractivity contribution in [1.82, 2.24) is 0 Å². The molecule has 0 bridgehead atoms. The number of carbonyl (C=O) groups is 2. The van der Waals surface area contributed by atoms with Gasteiger partial charge >= 0.3 is 11.9 Å². The summed E-state index contributed by atoms with van der Waals surface area (Å²) in [5, 5.41) is 20.1. The van der Waals surface area contributed by atoms with Crippen LogP contribution in [0.15, 0.2) is 29.2 Å². The highest BCUT2D eigenvalue weighted by Crippen LogP contribution is 2.23. The number of anilines is 1. The Morgan fingerprint density at radius 1 is 1.25 bits per heavy atom. The molecule has 0 heterocycles. The topological polar surface area (TPSA) is 121 Å². The van der Waals surface area contributed by atoms with E-state index in [4.69, 9.17) is 10.2 Å². The van der Waals surface area contributed by atoms with Gasteiger partial charge in [-0.1, -0.05) is 19.1 Å². The first kappa shape index (κ1) is 16.0. The van der Waals surface area contributed by atoms with Crippen molar-refractivity contribution < 1.29 is 28.2 Å². The zero-order valence-electron chi connectivity index (χ0n) is 10.7. The van der Waals surface area contributed by atoms with E-state index in [0.717, 1.165) is 0 Å². The lowest BCUT2D eigenvalue weighted by atomic mass is 10.2. The van der Waals surface area contributed by atoms with Crippen LogP contribution in [0.4, 0.5) is 5.69 Å². The number of rotatable bonds is 7. The van der Waals surface area contributed by atoms with Gasteiger partial charge in [-0.2, -0.15) is 0 Å². The molecule has 1 unspecified atom stereocenters. The van der Waals surface area contributed by atoms with E-state index in [9.17, 15) is 18.0 Å². The van der Waals surface area contributed by atoms with E-state index in [1.165, 1.54) is 31.2 Å². The lowest BCUT2D eigenvalue weighted by Crippen LogP contribution is -2.32. The van der Waals surface area contributed by atoms with Crippen LogP contribution in [0.1, 0.15) is 13.3 Å². The second kappa shape index (κ2) is 6.38. The molecule has 0 spiro atoms. The van der Waals surface area contributed by atoms with E-state index in [0.29, 0.717) is 0 Å². The van der Waals surface area contributed by atoms with Crippen molar-refractivity contribution in [3.63, 3.8) is 0 Å². The Labute approximate surface area is 116 Å². The summed E-state index contributed by atoms with van der Waals surface area (Å²) in [6.07, 6.45) is -0.657. The number of benzene rings is 1. The highest BCUT2D eigenvalue weighted by atomic mass is 32.2. The van der Waals surface area contributed by atoms with Gasteiger partial charge < -0.3 is 15.5 Å². The minimum atomic E-state index is -3.53. The molecule has 0 saturated carbocycles. The summed E-state index contributed by atoms with van der Waals surface area (Å²) in [6.45, 7) is 1.47. The Morgan fingerprint density at radius 3 is 2.35 bits per heavy atom. The normalized spacial score (nSPS) is 12.7. The van der Waals surface area contributed by atoms with E-state index >= 15 is 0 Å². The molecule has 0 aliphatic heterocycles. The van der Waals surface area contributed by atoms with Crippen molar-refractivity contribution in [1.29, 1.82) is 0 Å². The molecule has 20 heavy (non-hydrogen) atoms. The average Bonchev–Trinajstić information content (AvgIpc) is 2.37. The number of hydrogen-bond acceptors (Lipinski definition) is 5. The lowest BCUT2D eigenvalue weighted by molar-refractivity contribution is -0.144. The second-order valence-electron chi connectivity index (χ2n) is 4.03. The van der Waals surface area contributed by atoms with E-state index in [2.05, 4.69) is 5.32 Å². The molecule has 0 aliphatic rings. The Hall–Kier alpha value is -2.09. The third-order valence-corrected chi connectivity index (χ3v) is 4.39. The van der Waals surface area contributed by atoms with Gasteiger partial charge in [0.25, 0.3) is 0 Å². The maximum Gasteiger partial charge on any atom is 0.326 e. The maximum atomic E-state index is 11.9. The molecule has 8 heteroatoms. The molecule has 0 aliphatic carbocycles. The van der Waals surface area contributed by atoms with Gasteiger partial charge in [0, 0.05) is 0 Å². The summed E-state index contributed by atoms with van der Waals surface area (Å²) in [4.78, 5) is 21.6. The molecular weight excluding hydrogens is 286 g/mol. The Balaban J connectivity index is 3.14. The molecule has 1 aromatic rings. The van der Waals surface area contributed by atoms with Crippen LogP contribution in [-0.4, -0.2) is 42.4 Å². The molecule has 7 nitrogen and oxygen atoms in total. The zero-order chi connectivity index (χ0) is 15.3. The second-order valence-corrected chi connectivity index (χ2v) is 6.28. The maximum absolute atomic E-state index is 11.9. The molecular formula is C12H15NO6S. The van der Waals surface area contributed by atoms with Crippen LogP contribution in [0.3, 0.4) is 0 Å². The van der Waals surface area contributed by atoms with E-state index in [-0.39, 0.29) is 16.3 Å². The molecule has 0 radical (unpaired) electrons. The van der Waals surface area contributed by atoms with Crippen LogP contribution in [-0.2, 0) is 19.4 Å². The van der Waals surface area contributed by atoms with Crippen LogP contribution >= 0.6 is 0 Å². The summed E-state index contributed by atoms with van der Waals surface area (Å²) < 4.78 is 23.8. The van der Waals surface area contributed by atoms with Gasteiger partial charge in [0.05, 0.1) is 22.8 Å². The van der Waals surface area contributed by atoms with Crippen molar-refractivity contribution >= 4 is 27.5 Å². The third kappa shape index (κ3) is 3.95. The first-order chi connectivity index (χ1) is 9.27. The molecule has 0 fully saturated rings. The van der Waals surface area contributed by atoms with Crippen molar-refractivity contribution in [3.05, 3.63) is 24.3 Å². The number of carboxylic acid groups (broad SMARTS) is 2. The van der Waals surface area contributed by atoms with Gasteiger partial charge in [0.2, 0.25) is 0 Å². The standard InChI is InChI=1S/C12H15NO6S/c1-2-20(18,19)10-6-4-3-5-8(10)13-9(12(16)17)7-11(14)15/h3-6,9,13H,2,7H2,1H3,(H,14,15)(H,16,17). The molecule has 110 valence electrons. The fourth-order valence-electron chi connectivity index (χ4n) is 1.57. The Morgan fingerprint density at radius 2 is 1.85 bits per heavy atom. The number of carboxylic acids is 2. The highest BCUT2D eigenvalue weighted by molar-refractivity contribution is 7.91. The van der Waals surface area contributed by atoms with Crippen LogP contribution in [0.25, 0.3) is 0 Å². The summed E-state index contributed by atoms with van der Waals surface area (Å²) in [5.74, 6) is -2.79. The summed E-state index contributed by atoms with van der Waals surface area (Å²) in [7, 11) is -3.53. The van der Waals surface area contributed by atoms with Crippen molar-refractivity contribution in [2.45, 2.75) is 24.3 Å². The monoisotopic (exact) mass is 301 g/mol. The molecule has 0 amide bonds. The molecule has 0 aromatic heterocycles. The first-order valence-electron chi connectivity index (χ1n) is 5.81. The van der Waals surface area contributed by atoms with Crippen molar-refractivity contribution in [3.8, 4) is 0 Å². The molecule has 3 N–H and O–H groups in total. The predicted molar refractivity (Wildman–Crippen MR) is 71.5 cm³/mol. The third-order valence-electron chi connectivity index (χ3n) is 2.61. The Bertz CT molecular complexity index is 610. The minimum absolute atomic E-state index is 0.0425. The zero-order valence-corrected chi connectivity index (χ0v) is 11.6. The largest absolute Gasteiger partial charge is 0.481 e. The van der Waals surface area contributed by atoms with E-state index in [1.807, 2.05) is 0 Å². The van der Waals surface area contributed by atoms with Gasteiger partial charge in [-0.05, 0) is 12.1 Å². The van der Waals surface area contributed by atoms with Crippen molar-refractivity contribution in [2.24, 2.45) is 0 Å². The molecule has 0 saturated heterocycles. The highest BCUT2D eigenvalue weighted by Gasteiger charge is 2.24. The van der Waals surface area contributed by atoms with Crippen molar-refractivity contribution in [2.75, 3.05) is 11.1 Å². The Kier molecular flexibility index (Phi) is 5.09. The van der Waals surface area contributed by atoms with Crippen LogP contribution in [0.5, 0.6) is 0 Å². The first-order valence-corrected chi connectivity index (χ1v) is 7.46. The van der Waals surface area contributed by atoms with Gasteiger partial charge in [0.15, 0.2) is 9.84 Å². The molecule has 1 aromatic carbocycles. The lowest BCUT2D eigenvalue weighted by Gasteiger charge is -2.16. The smallest absolute Gasteiger partial charge is 0.326 e. The average molecular weight is 301 g/mol. The minimum Gasteiger partial charge on any atom is -0.481 e. The van der Waals surface area contributed by atoms with E-state index < -0.39 is 34.2 Å². The van der Waals surface area contributed by atoms with Gasteiger partial charge in [-0.25, -0.2) is 13.2 Å². The number of para-hydroxylation sites is 1. The number of hydrogen-bond donors (Lipinski definition) is 3. The summed E-state index contributed by atoms with van der Waals surface area (Å²) >= 11 is 0. The summed E-state index contributed by atoms with van der Waals surface area (Å²) in [6, 6.07) is 4.40. The van der Waals surface area contributed by atoms with Crippen LogP contribution < -0.4 is 5.32 Å². The van der Waals surface area contributed by atoms with Crippen LogP contribution in [0, 0.1) is 0 Å². The quantitative estimate of drug-likeness (QED) is 0.681. The van der Waals surface area contributed by atoms with Gasteiger partial charge in [-0.3, -0.25) is 4.79 Å². The van der Waals surface area contributed by atoms with Crippen LogP contribution in [0.2, 0.25) is 0 Å². The predicted octanol–water partition coefficient (Wildman–Crippen LogP) is 0.820. The summed E-state index contributed by atoms with van der Waals surface area (Å²) in [5.41, 5.74) is 0.0861. The fraction of sp³-hybridized carbons (Fsp3) is 0.333. The number of aliphatic carboxylic acids is 2. The van der Waals surface area contributed by atoms with E-state index in [1.54, 1.807) is 0 Å². The number of nitrogens with one attached hydrogen (secondary N) is 1. The number of sulfone groups is 1. The van der Waals surface area contributed by atoms with Gasteiger partial charge in [-0.15, -0.1) is 0 Å². The fourth-order valence-corrected chi connectivity index (χ4v) is 2.63.